The summed E-state index contributed by atoms with van der Waals surface area (Å²) in [6.45, 7) is 4.54. The summed E-state index contributed by atoms with van der Waals surface area (Å²) in [5.74, 6) is 0.620. The molecule has 0 unspecified atom stereocenters. The molecule has 6 nitrogen and oxygen atoms in total. The van der Waals surface area contributed by atoms with Gasteiger partial charge >= 0.3 is 0 Å². The number of benzene rings is 1. The summed E-state index contributed by atoms with van der Waals surface area (Å²) in [5, 5.41) is 7.21. The van der Waals surface area contributed by atoms with E-state index >= 15 is 0 Å². The number of carbonyl (C=O) groups is 1. The van der Waals surface area contributed by atoms with Crippen molar-refractivity contribution >= 4 is 28.4 Å². The summed E-state index contributed by atoms with van der Waals surface area (Å²) >= 11 is 0. The van der Waals surface area contributed by atoms with E-state index in [1.807, 2.05) is 50.4 Å². The Morgan fingerprint density at radius 3 is 2.71 bits per heavy atom. The van der Waals surface area contributed by atoms with Crippen LogP contribution in [0.1, 0.15) is 24.2 Å². The van der Waals surface area contributed by atoms with E-state index in [9.17, 15) is 4.79 Å². The van der Waals surface area contributed by atoms with E-state index in [0.29, 0.717) is 25.3 Å². The number of nitrogens with one attached hydrogen (secondary N) is 3. The quantitative estimate of drug-likeness (QED) is 0.607. The first kappa shape index (κ1) is 16.0. The SMILES string of the molecule is Cc1cc(C)nc(NCCCC(=O)Nc2ccc3cc[nH]c3c2)n1. The average molecular weight is 323 g/mol. The maximum Gasteiger partial charge on any atom is 0.224 e. The van der Waals surface area contributed by atoms with Crippen molar-refractivity contribution in [2.75, 3.05) is 17.2 Å². The maximum atomic E-state index is 12.0. The number of aromatic amines is 1. The van der Waals surface area contributed by atoms with Crippen LogP contribution in [0.4, 0.5) is 11.6 Å². The lowest BCUT2D eigenvalue weighted by Gasteiger charge is -2.07. The molecule has 0 radical (unpaired) electrons. The third-order valence-corrected chi connectivity index (χ3v) is 3.68. The number of hydrogen-bond acceptors (Lipinski definition) is 4. The molecule has 0 aliphatic heterocycles. The van der Waals surface area contributed by atoms with Crippen molar-refractivity contribution in [3.63, 3.8) is 0 Å². The number of fused-ring (bicyclic) bond motifs is 1. The molecule has 0 bridgehead atoms. The molecule has 0 saturated heterocycles. The van der Waals surface area contributed by atoms with Crippen molar-refractivity contribution in [1.82, 2.24) is 15.0 Å². The van der Waals surface area contributed by atoms with Crippen LogP contribution >= 0.6 is 0 Å². The minimum atomic E-state index is 0.00375. The number of nitrogens with zero attached hydrogens (tertiary/aromatic N) is 2. The first-order chi connectivity index (χ1) is 11.6. The predicted octanol–water partition coefficient (Wildman–Crippen LogP) is 3.41. The van der Waals surface area contributed by atoms with Gasteiger partial charge in [0.25, 0.3) is 0 Å². The average Bonchev–Trinajstić information content (AvgIpc) is 2.98. The Labute approximate surface area is 140 Å². The Bertz CT molecular complexity index is 835. The van der Waals surface area contributed by atoms with Crippen molar-refractivity contribution in [1.29, 1.82) is 0 Å². The van der Waals surface area contributed by atoms with Gasteiger partial charge in [-0.05, 0) is 49.9 Å². The van der Waals surface area contributed by atoms with Gasteiger partial charge in [-0.1, -0.05) is 6.07 Å². The molecule has 0 saturated carbocycles. The van der Waals surface area contributed by atoms with Crippen molar-refractivity contribution in [2.24, 2.45) is 0 Å². The van der Waals surface area contributed by atoms with E-state index in [1.54, 1.807) is 0 Å². The van der Waals surface area contributed by atoms with Gasteiger partial charge in [-0.15, -0.1) is 0 Å². The number of hydrogen-bond donors (Lipinski definition) is 3. The summed E-state index contributed by atoms with van der Waals surface area (Å²) in [5.41, 5.74) is 3.69. The number of anilines is 2. The normalized spacial score (nSPS) is 10.8. The van der Waals surface area contributed by atoms with Crippen LogP contribution < -0.4 is 10.6 Å². The number of H-pyrrole nitrogens is 1. The van der Waals surface area contributed by atoms with Gasteiger partial charge in [-0.3, -0.25) is 4.79 Å². The molecule has 3 aromatic rings. The molecule has 1 amide bonds. The zero-order valence-corrected chi connectivity index (χ0v) is 13.9. The lowest BCUT2D eigenvalue weighted by molar-refractivity contribution is -0.116. The summed E-state index contributed by atoms with van der Waals surface area (Å²) in [4.78, 5) is 23.8. The molecule has 3 rings (SSSR count). The summed E-state index contributed by atoms with van der Waals surface area (Å²) in [7, 11) is 0. The molecular weight excluding hydrogens is 302 g/mol. The Hall–Kier alpha value is -2.89. The second-order valence-corrected chi connectivity index (χ2v) is 5.83. The van der Waals surface area contributed by atoms with Crippen LogP contribution in [0.3, 0.4) is 0 Å². The van der Waals surface area contributed by atoms with Gasteiger partial charge in [0.2, 0.25) is 11.9 Å². The van der Waals surface area contributed by atoms with Crippen molar-refractivity contribution in [3.8, 4) is 0 Å². The molecule has 0 fully saturated rings. The van der Waals surface area contributed by atoms with Crippen LogP contribution in [0.15, 0.2) is 36.5 Å². The zero-order valence-electron chi connectivity index (χ0n) is 13.9. The van der Waals surface area contributed by atoms with Crippen LogP contribution in [-0.2, 0) is 4.79 Å². The molecule has 2 heterocycles. The highest BCUT2D eigenvalue weighted by atomic mass is 16.1. The number of aryl methyl sites for hydroxylation is 2. The number of amides is 1. The molecular formula is C18H21N5O. The molecule has 3 N–H and O–H groups in total. The molecule has 124 valence electrons. The van der Waals surface area contributed by atoms with Gasteiger partial charge in [-0.25, -0.2) is 9.97 Å². The highest BCUT2D eigenvalue weighted by Crippen LogP contribution is 2.17. The number of aromatic nitrogens is 3. The van der Waals surface area contributed by atoms with E-state index in [1.165, 1.54) is 0 Å². The molecule has 0 spiro atoms. The maximum absolute atomic E-state index is 12.0. The van der Waals surface area contributed by atoms with Gasteiger partial charge < -0.3 is 15.6 Å². The number of rotatable bonds is 6. The molecule has 2 aromatic heterocycles. The highest BCUT2D eigenvalue weighted by Gasteiger charge is 2.04. The predicted molar refractivity (Wildman–Crippen MR) is 96.2 cm³/mol. The first-order valence-corrected chi connectivity index (χ1v) is 8.03. The third-order valence-electron chi connectivity index (χ3n) is 3.68. The fourth-order valence-electron chi connectivity index (χ4n) is 2.60. The lowest BCUT2D eigenvalue weighted by Crippen LogP contribution is -2.14. The highest BCUT2D eigenvalue weighted by molar-refractivity contribution is 5.93. The van der Waals surface area contributed by atoms with Gasteiger partial charge in [0, 0.05) is 41.8 Å². The van der Waals surface area contributed by atoms with E-state index in [-0.39, 0.29) is 5.91 Å². The smallest absolute Gasteiger partial charge is 0.224 e. The molecule has 0 aliphatic carbocycles. The van der Waals surface area contributed by atoms with E-state index < -0.39 is 0 Å². The largest absolute Gasteiger partial charge is 0.361 e. The minimum absolute atomic E-state index is 0.00375. The zero-order chi connectivity index (χ0) is 16.9. The Morgan fingerprint density at radius 1 is 1.12 bits per heavy atom. The number of carbonyl (C=O) groups excluding carboxylic acids is 1. The van der Waals surface area contributed by atoms with Gasteiger partial charge in [-0.2, -0.15) is 0 Å². The monoisotopic (exact) mass is 323 g/mol. The van der Waals surface area contributed by atoms with Crippen LogP contribution in [-0.4, -0.2) is 27.4 Å². The Balaban J connectivity index is 1.45. The topological polar surface area (TPSA) is 82.7 Å². The molecule has 1 aromatic carbocycles. The lowest BCUT2D eigenvalue weighted by atomic mass is 10.2. The van der Waals surface area contributed by atoms with Crippen molar-refractivity contribution in [3.05, 3.63) is 47.9 Å². The van der Waals surface area contributed by atoms with Crippen LogP contribution in [0.25, 0.3) is 10.9 Å². The molecule has 0 atom stereocenters. The second-order valence-electron chi connectivity index (χ2n) is 5.83. The van der Waals surface area contributed by atoms with Gasteiger partial charge in [0.15, 0.2) is 0 Å². The van der Waals surface area contributed by atoms with Crippen LogP contribution in [0, 0.1) is 13.8 Å². The first-order valence-electron chi connectivity index (χ1n) is 8.03. The van der Waals surface area contributed by atoms with E-state index in [0.717, 1.165) is 28.0 Å². The van der Waals surface area contributed by atoms with Crippen LogP contribution in [0.2, 0.25) is 0 Å². The summed E-state index contributed by atoms with van der Waals surface area (Å²) < 4.78 is 0. The standard InChI is InChI=1S/C18H21N5O/c1-12-10-13(2)22-18(21-12)20-8-3-4-17(24)23-15-6-5-14-7-9-19-16(14)11-15/h5-7,9-11,19H,3-4,8H2,1-2H3,(H,23,24)(H,20,21,22). The summed E-state index contributed by atoms with van der Waals surface area (Å²) in [6.07, 6.45) is 3.05. The minimum Gasteiger partial charge on any atom is -0.361 e. The van der Waals surface area contributed by atoms with Crippen LogP contribution in [0.5, 0.6) is 0 Å². The Morgan fingerprint density at radius 2 is 1.92 bits per heavy atom. The van der Waals surface area contributed by atoms with Gasteiger partial charge in [0.1, 0.15) is 0 Å². The van der Waals surface area contributed by atoms with Gasteiger partial charge in [0.05, 0.1) is 0 Å². The van der Waals surface area contributed by atoms with E-state index in [2.05, 4.69) is 25.6 Å². The molecule has 0 aliphatic rings. The fraction of sp³-hybridized carbons (Fsp3) is 0.278. The van der Waals surface area contributed by atoms with E-state index in [4.69, 9.17) is 0 Å². The molecule has 24 heavy (non-hydrogen) atoms. The molecule has 6 heteroatoms. The van der Waals surface area contributed by atoms with Crippen molar-refractivity contribution in [2.45, 2.75) is 26.7 Å². The second kappa shape index (κ2) is 7.12. The third kappa shape index (κ3) is 4.10. The van der Waals surface area contributed by atoms with Crippen molar-refractivity contribution < 1.29 is 4.79 Å². The summed E-state index contributed by atoms with van der Waals surface area (Å²) in [6, 6.07) is 9.77. The fourth-order valence-corrected chi connectivity index (χ4v) is 2.60. The Kier molecular flexibility index (Phi) is 4.74.